The molecule has 0 aliphatic heterocycles. The normalized spacial score (nSPS) is 13.4. The molecule has 2 aromatic rings. The number of pyridine rings is 1. The van der Waals surface area contributed by atoms with Gasteiger partial charge in [-0.15, -0.1) is 0 Å². The summed E-state index contributed by atoms with van der Waals surface area (Å²) in [5.74, 6) is -0.367. The minimum absolute atomic E-state index is 0.0367. The number of rotatable bonds is 8. The zero-order valence-electron chi connectivity index (χ0n) is 16.3. The van der Waals surface area contributed by atoms with E-state index in [2.05, 4.69) is 5.32 Å². The highest BCUT2D eigenvalue weighted by molar-refractivity contribution is 6.00. The summed E-state index contributed by atoms with van der Waals surface area (Å²) in [5, 5.41) is 2.85. The van der Waals surface area contributed by atoms with Crippen LogP contribution in [0.15, 0.2) is 35.3 Å². The first-order chi connectivity index (χ1) is 13.4. The van der Waals surface area contributed by atoms with E-state index < -0.39 is 11.4 Å². The van der Waals surface area contributed by atoms with Gasteiger partial charge < -0.3 is 9.88 Å². The average Bonchev–Trinajstić information content (AvgIpc) is 3.50. The smallest absolute Gasteiger partial charge is 0.261 e. The molecular formula is C22H25FN2O3. The third-order valence-electron chi connectivity index (χ3n) is 5.12. The van der Waals surface area contributed by atoms with Crippen molar-refractivity contribution in [1.82, 2.24) is 9.88 Å². The fourth-order valence-electron chi connectivity index (χ4n) is 3.18. The van der Waals surface area contributed by atoms with E-state index in [1.807, 2.05) is 0 Å². The minimum Gasteiger partial charge on any atom is -0.352 e. The summed E-state index contributed by atoms with van der Waals surface area (Å²) in [5.41, 5.74) is 0.501. The third kappa shape index (κ3) is 4.55. The van der Waals surface area contributed by atoms with Crippen LogP contribution in [0.1, 0.15) is 64.4 Å². The number of nitrogens with one attached hydrogen (secondary N) is 1. The lowest BCUT2D eigenvalue weighted by molar-refractivity contribution is 0.0952. The Kier molecular flexibility index (Phi) is 6.07. The van der Waals surface area contributed by atoms with Crippen molar-refractivity contribution in [3.63, 3.8) is 0 Å². The highest BCUT2D eigenvalue weighted by atomic mass is 19.1. The fraction of sp³-hybridized carbons (Fsp3) is 0.409. The lowest BCUT2D eigenvalue weighted by Gasteiger charge is -2.13. The number of ketones is 1. The quantitative estimate of drug-likeness (QED) is 0.709. The summed E-state index contributed by atoms with van der Waals surface area (Å²) in [7, 11) is 0. The lowest BCUT2D eigenvalue weighted by Crippen LogP contribution is -2.31. The van der Waals surface area contributed by atoms with E-state index in [-0.39, 0.29) is 35.8 Å². The Labute approximate surface area is 163 Å². The van der Waals surface area contributed by atoms with Gasteiger partial charge in [0.05, 0.1) is 17.7 Å². The molecule has 28 heavy (non-hydrogen) atoms. The van der Waals surface area contributed by atoms with Crippen LogP contribution in [0.4, 0.5) is 4.39 Å². The van der Waals surface area contributed by atoms with Crippen LogP contribution >= 0.6 is 0 Å². The molecule has 1 aliphatic carbocycles. The van der Waals surface area contributed by atoms with Crippen LogP contribution in [0.3, 0.4) is 0 Å². The third-order valence-corrected chi connectivity index (χ3v) is 5.12. The first-order valence-electron chi connectivity index (χ1n) is 9.70. The van der Waals surface area contributed by atoms with Crippen molar-refractivity contribution in [3.8, 4) is 0 Å². The molecule has 5 nitrogen and oxygen atoms in total. The van der Waals surface area contributed by atoms with Crippen LogP contribution in [0.5, 0.6) is 0 Å². The molecule has 0 bridgehead atoms. The van der Waals surface area contributed by atoms with Crippen LogP contribution in [0.2, 0.25) is 0 Å². The number of benzene rings is 1. The van der Waals surface area contributed by atoms with E-state index >= 15 is 0 Å². The molecule has 0 spiro atoms. The number of aryl methyl sites for hydroxylation is 1. The van der Waals surface area contributed by atoms with E-state index in [9.17, 15) is 18.8 Å². The van der Waals surface area contributed by atoms with Crippen molar-refractivity contribution in [1.29, 1.82) is 0 Å². The number of hydrogen-bond donors (Lipinski definition) is 1. The lowest BCUT2D eigenvalue weighted by atomic mass is 10.1. The van der Waals surface area contributed by atoms with E-state index in [0.717, 1.165) is 6.42 Å². The summed E-state index contributed by atoms with van der Waals surface area (Å²) in [6.07, 6.45) is 4.90. The highest BCUT2D eigenvalue weighted by Gasteiger charge is 2.21. The fourth-order valence-corrected chi connectivity index (χ4v) is 3.18. The molecule has 1 saturated carbocycles. The van der Waals surface area contributed by atoms with Gasteiger partial charge in [0.15, 0.2) is 5.78 Å². The SMILES string of the molecule is CCC(=O)c1cc(C(=O)NCCC2CC2)cn(Cc2cccc(C)c2F)c1=O. The van der Waals surface area contributed by atoms with Crippen molar-refractivity contribution in [2.45, 2.75) is 46.1 Å². The molecule has 1 heterocycles. The van der Waals surface area contributed by atoms with E-state index in [0.29, 0.717) is 23.6 Å². The second-order valence-corrected chi connectivity index (χ2v) is 7.39. The van der Waals surface area contributed by atoms with Crippen LogP contribution in [-0.4, -0.2) is 22.8 Å². The topological polar surface area (TPSA) is 68.2 Å². The van der Waals surface area contributed by atoms with E-state index in [1.165, 1.54) is 29.7 Å². The molecule has 1 aromatic carbocycles. The van der Waals surface area contributed by atoms with Crippen molar-refractivity contribution in [2.75, 3.05) is 6.54 Å². The maximum absolute atomic E-state index is 14.4. The predicted molar refractivity (Wildman–Crippen MR) is 105 cm³/mol. The van der Waals surface area contributed by atoms with Gasteiger partial charge in [0.2, 0.25) is 0 Å². The molecule has 0 radical (unpaired) electrons. The zero-order valence-corrected chi connectivity index (χ0v) is 16.3. The van der Waals surface area contributed by atoms with Gasteiger partial charge in [-0.25, -0.2) is 4.39 Å². The molecule has 148 valence electrons. The summed E-state index contributed by atoms with van der Waals surface area (Å²) in [6.45, 7) is 3.83. The van der Waals surface area contributed by atoms with Gasteiger partial charge in [0.25, 0.3) is 11.5 Å². The minimum atomic E-state index is -0.512. The van der Waals surface area contributed by atoms with Crippen LogP contribution in [-0.2, 0) is 6.54 Å². The van der Waals surface area contributed by atoms with Crippen LogP contribution < -0.4 is 10.9 Å². The second kappa shape index (κ2) is 8.50. The molecule has 0 atom stereocenters. The molecular weight excluding hydrogens is 359 g/mol. The number of aromatic nitrogens is 1. The van der Waals surface area contributed by atoms with Gasteiger partial charge in [-0.2, -0.15) is 0 Å². The molecule has 3 rings (SSSR count). The summed E-state index contributed by atoms with van der Waals surface area (Å²) < 4.78 is 15.6. The number of amides is 1. The highest BCUT2D eigenvalue weighted by Crippen LogP contribution is 2.31. The number of hydrogen-bond acceptors (Lipinski definition) is 3. The van der Waals surface area contributed by atoms with Crippen LogP contribution in [0.25, 0.3) is 0 Å². The Morgan fingerprint density at radius 1 is 1.29 bits per heavy atom. The number of nitrogens with zero attached hydrogens (tertiary/aromatic N) is 1. The van der Waals surface area contributed by atoms with Gasteiger partial charge in [0.1, 0.15) is 5.82 Å². The molecule has 1 aliphatic rings. The summed E-state index contributed by atoms with van der Waals surface area (Å²) in [6, 6.07) is 6.31. The maximum atomic E-state index is 14.4. The largest absolute Gasteiger partial charge is 0.352 e. The molecule has 6 heteroatoms. The van der Waals surface area contributed by atoms with Crippen molar-refractivity contribution >= 4 is 11.7 Å². The van der Waals surface area contributed by atoms with Gasteiger partial charge in [-0.1, -0.05) is 38.0 Å². The molecule has 1 fully saturated rings. The molecule has 1 N–H and O–H groups in total. The van der Waals surface area contributed by atoms with E-state index in [4.69, 9.17) is 0 Å². The summed E-state index contributed by atoms with van der Waals surface area (Å²) in [4.78, 5) is 37.5. The number of carbonyl (C=O) groups excluding carboxylic acids is 2. The Morgan fingerprint density at radius 3 is 2.71 bits per heavy atom. The Morgan fingerprint density at radius 2 is 2.04 bits per heavy atom. The average molecular weight is 384 g/mol. The zero-order chi connectivity index (χ0) is 20.3. The first-order valence-corrected chi connectivity index (χ1v) is 9.70. The molecule has 1 amide bonds. The van der Waals surface area contributed by atoms with E-state index in [1.54, 1.807) is 32.0 Å². The number of halogens is 1. The number of Topliss-reactive ketones (excluding diaryl/α,β-unsaturated/α-hetero) is 1. The van der Waals surface area contributed by atoms with Gasteiger partial charge in [0, 0.05) is 24.7 Å². The second-order valence-electron chi connectivity index (χ2n) is 7.39. The molecule has 0 saturated heterocycles. The van der Waals surface area contributed by atoms with Crippen molar-refractivity contribution in [2.24, 2.45) is 5.92 Å². The molecule has 0 unspecified atom stereocenters. The Hall–Kier alpha value is -2.76. The standard InChI is InChI=1S/C22H25FN2O3/c1-3-19(26)18-11-17(21(27)24-10-9-15-7-8-15)13-25(22(18)28)12-16-6-4-5-14(2)20(16)23/h4-6,11,13,15H,3,7-10,12H2,1-2H3,(H,24,27). The first kappa shape index (κ1) is 20.0. The number of carbonyl (C=O) groups is 2. The predicted octanol–water partition coefficient (Wildman–Crippen LogP) is 3.47. The van der Waals surface area contributed by atoms with Gasteiger partial charge >= 0.3 is 0 Å². The Balaban J connectivity index is 1.92. The van der Waals surface area contributed by atoms with Crippen molar-refractivity contribution in [3.05, 3.63) is 68.9 Å². The summed E-state index contributed by atoms with van der Waals surface area (Å²) >= 11 is 0. The van der Waals surface area contributed by atoms with Crippen LogP contribution in [0, 0.1) is 18.7 Å². The molecule has 1 aromatic heterocycles. The monoisotopic (exact) mass is 384 g/mol. The maximum Gasteiger partial charge on any atom is 0.261 e. The van der Waals surface area contributed by atoms with Crippen molar-refractivity contribution < 1.29 is 14.0 Å². The van der Waals surface area contributed by atoms with Gasteiger partial charge in [-0.3, -0.25) is 14.4 Å². The Bertz CT molecular complexity index is 961. The van der Waals surface area contributed by atoms with Gasteiger partial charge in [-0.05, 0) is 30.9 Å².